The van der Waals surface area contributed by atoms with Crippen LogP contribution < -0.4 is 5.32 Å². The molecule has 0 aliphatic rings. The van der Waals surface area contributed by atoms with Crippen LogP contribution >= 0.6 is 0 Å². The molecule has 0 saturated carbocycles. The van der Waals surface area contributed by atoms with Crippen molar-refractivity contribution in [1.82, 2.24) is 15.0 Å². The fourth-order valence-electron chi connectivity index (χ4n) is 2.09. The van der Waals surface area contributed by atoms with Crippen LogP contribution in [0.3, 0.4) is 0 Å². The molecule has 0 radical (unpaired) electrons. The number of nitrogens with zero attached hydrogens (tertiary/aromatic N) is 3. The fraction of sp³-hybridized carbons (Fsp3) is 0.118. The first-order chi connectivity index (χ1) is 11.2. The van der Waals surface area contributed by atoms with Crippen molar-refractivity contribution >= 4 is 11.7 Å². The molecule has 0 aliphatic heterocycles. The first-order valence-corrected chi connectivity index (χ1v) is 7.15. The SMILES string of the molecule is CN(Cc1cc(-c2ccncc2)no1)C(=O)Nc1ccccc1. The molecule has 3 aromatic rings. The van der Waals surface area contributed by atoms with Crippen LogP contribution in [0.5, 0.6) is 0 Å². The number of rotatable bonds is 4. The average Bonchev–Trinajstić information content (AvgIpc) is 3.05. The number of aromatic nitrogens is 2. The zero-order chi connectivity index (χ0) is 16.1. The molecule has 0 bridgehead atoms. The molecule has 6 nitrogen and oxygen atoms in total. The van der Waals surface area contributed by atoms with Gasteiger partial charge in [0.15, 0.2) is 5.76 Å². The first-order valence-electron chi connectivity index (χ1n) is 7.15. The maximum Gasteiger partial charge on any atom is 0.321 e. The molecule has 6 heteroatoms. The van der Waals surface area contributed by atoms with Crippen molar-refractivity contribution < 1.29 is 9.32 Å². The zero-order valence-corrected chi connectivity index (χ0v) is 12.6. The Kier molecular flexibility index (Phi) is 4.33. The standard InChI is InChI=1S/C17H16N4O2/c1-21(17(22)19-14-5-3-2-4-6-14)12-15-11-16(20-23-15)13-7-9-18-10-8-13/h2-11H,12H2,1H3,(H,19,22). The molecule has 3 rings (SSSR count). The van der Waals surface area contributed by atoms with Crippen LogP contribution in [0.15, 0.2) is 65.4 Å². The van der Waals surface area contributed by atoms with Crippen LogP contribution in [0, 0.1) is 0 Å². The smallest absolute Gasteiger partial charge is 0.321 e. The van der Waals surface area contributed by atoms with Crippen molar-refractivity contribution in [2.75, 3.05) is 12.4 Å². The van der Waals surface area contributed by atoms with Crippen molar-refractivity contribution in [2.45, 2.75) is 6.54 Å². The molecule has 0 fully saturated rings. The third-order valence-electron chi connectivity index (χ3n) is 3.30. The second-order valence-corrected chi connectivity index (χ2v) is 5.07. The van der Waals surface area contributed by atoms with Gasteiger partial charge in [0.2, 0.25) is 0 Å². The number of carbonyl (C=O) groups excluding carboxylic acids is 1. The lowest BCUT2D eigenvalue weighted by atomic mass is 10.2. The molecule has 0 aliphatic carbocycles. The molecule has 1 aromatic carbocycles. The Morgan fingerprint density at radius 3 is 2.65 bits per heavy atom. The number of hydrogen-bond acceptors (Lipinski definition) is 4. The van der Waals surface area contributed by atoms with Gasteiger partial charge in [0, 0.05) is 36.8 Å². The highest BCUT2D eigenvalue weighted by atomic mass is 16.5. The Bertz CT molecular complexity index is 772. The molecular weight excluding hydrogens is 292 g/mol. The van der Waals surface area contributed by atoms with Gasteiger partial charge in [0.1, 0.15) is 5.69 Å². The van der Waals surface area contributed by atoms with E-state index in [0.717, 1.165) is 16.9 Å². The molecule has 116 valence electrons. The van der Waals surface area contributed by atoms with E-state index in [-0.39, 0.29) is 6.03 Å². The highest BCUT2D eigenvalue weighted by Gasteiger charge is 2.13. The lowest BCUT2D eigenvalue weighted by Crippen LogP contribution is -2.30. The minimum absolute atomic E-state index is 0.210. The second-order valence-electron chi connectivity index (χ2n) is 5.07. The van der Waals surface area contributed by atoms with Gasteiger partial charge in [-0.15, -0.1) is 0 Å². The monoisotopic (exact) mass is 308 g/mol. The maximum absolute atomic E-state index is 12.1. The highest BCUT2D eigenvalue weighted by molar-refractivity contribution is 5.89. The third kappa shape index (κ3) is 3.74. The van der Waals surface area contributed by atoms with Crippen molar-refractivity contribution in [3.63, 3.8) is 0 Å². The number of hydrogen-bond donors (Lipinski definition) is 1. The second kappa shape index (κ2) is 6.74. The van der Waals surface area contributed by atoms with Gasteiger partial charge < -0.3 is 14.7 Å². The Morgan fingerprint density at radius 1 is 1.17 bits per heavy atom. The van der Waals surface area contributed by atoms with Gasteiger partial charge in [-0.2, -0.15) is 0 Å². The van der Waals surface area contributed by atoms with Crippen molar-refractivity contribution in [2.24, 2.45) is 0 Å². The summed E-state index contributed by atoms with van der Waals surface area (Å²) < 4.78 is 5.30. The van der Waals surface area contributed by atoms with E-state index in [4.69, 9.17) is 4.52 Å². The van der Waals surface area contributed by atoms with Crippen LogP contribution in [-0.2, 0) is 6.54 Å². The quantitative estimate of drug-likeness (QED) is 0.802. The Morgan fingerprint density at radius 2 is 1.91 bits per heavy atom. The van der Waals surface area contributed by atoms with Crippen LogP contribution in [0.4, 0.5) is 10.5 Å². The molecule has 0 atom stereocenters. The molecule has 0 saturated heterocycles. The van der Waals surface area contributed by atoms with E-state index >= 15 is 0 Å². The summed E-state index contributed by atoms with van der Waals surface area (Å²) in [5.41, 5.74) is 2.39. The summed E-state index contributed by atoms with van der Waals surface area (Å²) in [5.74, 6) is 0.613. The van der Waals surface area contributed by atoms with Gasteiger partial charge in [-0.3, -0.25) is 4.98 Å². The number of nitrogens with one attached hydrogen (secondary N) is 1. The fourth-order valence-corrected chi connectivity index (χ4v) is 2.09. The average molecular weight is 308 g/mol. The van der Waals surface area contributed by atoms with E-state index in [1.807, 2.05) is 48.5 Å². The number of pyridine rings is 1. The van der Waals surface area contributed by atoms with Crippen molar-refractivity contribution in [1.29, 1.82) is 0 Å². The van der Waals surface area contributed by atoms with Crippen molar-refractivity contribution in [3.8, 4) is 11.3 Å². The number of carbonyl (C=O) groups is 1. The number of urea groups is 1. The van der Waals surface area contributed by atoms with E-state index < -0.39 is 0 Å². The molecule has 1 N–H and O–H groups in total. The van der Waals surface area contributed by atoms with Gasteiger partial charge in [-0.1, -0.05) is 23.4 Å². The van der Waals surface area contributed by atoms with E-state index in [0.29, 0.717) is 12.3 Å². The summed E-state index contributed by atoms with van der Waals surface area (Å²) in [7, 11) is 1.70. The number of anilines is 1. The highest BCUT2D eigenvalue weighted by Crippen LogP contribution is 2.18. The maximum atomic E-state index is 12.1. The van der Waals surface area contributed by atoms with Gasteiger partial charge in [0.05, 0.1) is 6.54 Å². The van der Waals surface area contributed by atoms with E-state index in [9.17, 15) is 4.79 Å². The summed E-state index contributed by atoms with van der Waals surface area (Å²) in [6.45, 7) is 0.330. The summed E-state index contributed by atoms with van der Waals surface area (Å²) in [5, 5.41) is 6.84. The Hall–Kier alpha value is -3.15. The number of para-hydroxylation sites is 1. The summed E-state index contributed by atoms with van der Waals surface area (Å²) in [4.78, 5) is 17.6. The molecule has 2 aromatic heterocycles. The van der Waals surface area contributed by atoms with E-state index in [1.165, 1.54) is 4.90 Å². The largest absolute Gasteiger partial charge is 0.359 e. The van der Waals surface area contributed by atoms with Gasteiger partial charge in [0.25, 0.3) is 0 Å². The van der Waals surface area contributed by atoms with Crippen LogP contribution in [0.25, 0.3) is 11.3 Å². The van der Waals surface area contributed by atoms with E-state index in [2.05, 4.69) is 15.5 Å². The Balaban J connectivity index is 1.63. The number of amides is 2. The molecule has 2 heterocycles. The van der Waals surface area contributed by atoms with Crippen LogP contribution in [0.2, 0.25) is 0 Å². The summed E-state index contributed by atoms with van der Waals surface area (Å²) >= 11 is 0. The predicted molar refractivity (Wildman–Crippen MR) is 86.7 cm³/mol. The van der Waals surface area contributed by atoms with E-state index in [1.54, 1.807) is 19.4 Å². The van der Waals surface area contributed by atoms with Gasteiger partial charge in [-0.25, -0.2) is 4.79 Å². The lowest BCUT2D eigenvalue weighted by molar-refractivity contribution is 0.214. The minimum atomic E-state index is -0.210. The predicted octanol–water partition coefficient (Wildman–Crippen LogP) is 3.40. The molecule has 0 unspecified atom stereocenters. The molecule has 0 spiro atoms. The van der Waals surface area contributed by atoms with Gasteiger partial charge >= 0.3 is 6.03 Å². The molecule has 23 heavy (non-hydrogen) atoms. The topological polar surface area (TPSA) is 71.3 Å². The van der Waals surface area contributed by atoms with Crippen LogP contribution in [0.1, 0.15) is 5.76 Å². The zero-order valence-electron chi connectivity index (χ0n) is 12.6. The minimum Gasteiger partial charge on any atom is -0.359 e. The van der Waals surface area contributed by atoms with Gasteiger partial charge in [-0.05, 0) is 24.3 Å². The normalized spacial score (nSPS) is 10.3. The summed E-state index contributed by atoms with van der Waals surface area (Å²) in [6.07, 6.45) is 3.40. The van der Waals surface area contributed by atoms with Crippen LogP contribution in [-0.4, -0.2) is 28.1 Å². The molecule has 2 amide bonds. The van der Waals surface area contributed by atoms with Crippen molar-refractivity contribution in [3.05, 3.63) is 66.7 Å². The lowest BCUT2D eigenvalue weighted by Gasteiger charge is -2.16. The number of benzene rings is 1. The first kappa shape index (κ1) is 14.8. The Labute approximate surface area is 133 Å². The summed E-state index contributed by atoms with van der Waals surface area (Å²) in [6, 6.07) is 14.6. The third-order valence-corrected chi connectivity index (χ3v) is 3.30. The molecular formula is C17H16N4O2.